The van der Waals surface area contributed by atoms with Crippen LogP contribution in [0.15, 0.2) is 12.1 Å². The fraction of sp³-hybridized carbons (Fsp3) is 0.467. The van der Waals surface area contributed by atoms with Gasteiger partial charge in [-0.05, 0) is 17.4 Å². The van der Waals surface area contributed by atoms with Crippen molar-refractivity contribution in [3.63, 3.8) is 0 Å². The van der Waals surface area contributed by atoms with E-state index in [1.807, 2.05) is 12.1 Å². The number of carbonyl (C=O) groups excluding carboxylic acids is 1. The van der Waals surface area contributed by atoms with Crippen LogP contribution in [0.25, 0.3) is 0 Å². The predicted molar refractivity (Wildman–Crippen MR) is 70.4 cm³/mol. The average molecular weight is 262 g/mol. The highest BCUT2D eigenvalue weighted by Crippen LogP contribution is 2.38. The molecule has 0 aromatic heterocycles. The number of aryl methyl sites for hydroxylation is 1. The first-order valence-corrected chi connectivity index (χ1v) is 6.36. The molecule has 0 saturated heterocycles. The van der Waals surface area contributed by atoms with Gasteiger partial charge in [0.25, 0.3) is 0 Å². The highest BCUT2D eigenvalue weighted by atomic mass is 16.5. The Labute approximate surface area is 112 Å². The molecule has 4 heteroatoms. The molecule has 0 radical (unpaired) electrons. The van der Waals surface area contributed by atoms with E-state index in [1.165, 1.54) is 0 Å². The van der Waals surface area contributed by atoms with Crippen molar-refractivity contribution in [3.8, 4) is 5.75 Å². The van der Waals surface area contributed by atoms with E-state index in [-0.39, 0.29) is 24.2 Å². The van der Waals surface area contributed by atoms with E-state index in [0.29, 0.717) is 12.2 Å². The molecule has 0 unspecified atom stereocenters. The van der Waals surface area contributed by atoms with Gasteiger partial charge in [0.15, 0.2) is 0 Å². The van der Waals surface area contributed by atoms with Crippen LogP contribution in [0.3, 0.4) is 0 Å². The normalized spacial score (nSPS) is 14.2. The predicted octanol–water partition coefficient (Wildman–Crippen LogP) is 2.46. The van der Waals surface area contributed by atoms with Gasteiger partial charge in [-0.3, -0.25) is 9.59 Å². The van der Waals surface area contributed by atoms with Crippen molar-refractivity contribution < 1.29 is 19.4 Å². The van der Waals surface area contributed by atoms with Crippen molar-refractivity contribution in [3.05, 3.63) is 28.8 Å². The number of carbonyl (C=O) groups is 2. The Bertz CT molecular complexity index is 538. The second-order valence-corrected chi connectivity index (χ2v) is 5.93. The van der Waals surface area contributed by atoms with E-state index in [4.69, 9.17) is 9.84 Å². The second-order valence-electron chi connectivity index (χ2n) is 5.93. The Morgan fingerprint density at radius 3 is 2.63 bits per heavy atom. The van der Waals surface area contributed by atoms with E-state index < -0.39 is 5.97 Å². The molecule has 1 aliphatic heterocycles. The number of carboxylic acids is 1. The minimum Gasteiger partial charge on any atom is -0.481 e. The summed E-state index contributed by atoms with van der Waals surface area (Å²) in [5.41, 5.74) is 2.65. The third kappa shape index (κ3) is 2.95. The Hall–Kier alpha value is -1.84. The summed E-state index contributed by atoms with van der Waals surface area (Å²) in [5.74, 6) is -0.391. The fourth-order valence-electron chi connectivity index (χ4n) is 2.26. The van der Waals surface area contributed by atoms with Gasteiger partial charge in [0.2, 0.25) is 0 Å². The van der Waals surface area contributed by atoms with Crippen LogP contribution >= 0.6 is 0 Å². The van der Waals surface area contributed by atoms with Crippen LogP contribution in [-0.2, 0) is 27.8 Å². The summed E-state index contributed by atoms with van der Waals surface area (Å²) in [6.07, 6.45) is 0.844. The molecule has 0 bridgehead atoms. The molecule has 1 heterocycles. The zero-order chi connectivity index (χ0) is 14.2. The monoisotopic (exact) mass is 262 g/mol. The molecular weight excluding hydrogens is 244 g/mol. The number of fused-ring (bicyclic) bond motifs is 1. The molecule has 1 aromatic rings. The number of aliphatic carboxylic acids is 1. The Morgan fingerprint density at radius 1 is 1.37 bits per heavy atom. The summed E-state index contributed by atoms with van der Waals surface area (Å²) in [6.45, 7) is 6.15. The van der Waals surface area contributed by atoms with Gasteiger partial charge in [-0.15, -0.1) is 0 Å². The highest BCUT2D eigenvalue weighted by molar-refractivity contribution is 5.82. The average Bonchev–Trinajstić information content (AvgIpc) is 2.63. The lowest BCUT2D eigenvalue weighted by Gasteiger charge is -2.22. The molecule has 4 nitrogen and oxygen atoms in total. The van der Waals surface area contributed by atoms with Crippen molar-refractivity contribution in [2.24, 2.45) is 0 Å². The molecule has 2 rings (SSSR count). The number of carboxylic acid groups (broad SMARTS) is 1. The van der Waals surface area contributed by atoms with Crippen LogP contribution in [-0.4, -0.2) is 17.0 Å². The van der Waals surface area contributed by atoms with Crippen LogP contribution in [0.5, 0.6) is 5.75 Å². The summed E-state index contributed by atoms with van der Waals surface area (Å²) in [5, 5.41) is 8.76. The van der Waals surface area contributed by atoms with E-state index in [1.54, 1.807) is 0 Å². The van der Waals surface area contributed by atoms with Gasteiger partial charge in [-0.1, -0.05) is 32.9 Å². The highest BCUT2D eigenvalue weighted by Gasteiger charge is 2.29. The number of benzene rings is 1. The van der Waals surface area contributed by atoms with Crippen molar-refractivity contribution >= 4 is 11.9 Å². The maximum atomic E-state index is 11.4. The lowest BCUT2D eigenvalue weighted by Crippen LogP contribution is -2.14. The SMILES string of the molecule is CC(C)(C)c1cc(CCC(=O)O)cc2c1OC(=O)C2. The quantitative estimate of drug-likeness (QED) is 0.671. The minimum absolute atomic E-state index is 0.0944. The van der Waals surface area contributed by atoms with Crippen LogP contribution < -0.4 is 4.74 Å². The molecule has 0 amide bonds. The molecular formula is C15H18O4. The molecule has 1 aromatic carbocycles. The summed E-state index contributed by atoms with van der Waals surface area (Å²) in [4.78, 5) is 22.1. The largest absolute Gasteiger partial charge is 0.481 e. The maximum absolute atomic E-state index is 11.4. The third-order valence-electron chi connectivity index (χ3n) is 3.21. The number of esters is 1. The molecule has 1 aliphatic rings. The van der Waals surface area contributed by atoms with Gasteiger partial charge in [0.1, 0.15) is 5.75 Å². The summed E-state index contributed by atoms with van der Waals surface area (Å²) >= 11 is 0. The summed E-state index contributed by atoms with van der Waals surface area (Å²) in [6, 6.07) is 3.85. The Balaban J connectivity index is 2.42. The summed E-state index contributed by atoms with van der Waals surface area (Å²) in [7, 11) is 0. The van der Waals surface area contributed by atoms with Gasteiger partial charge in [-0.2, -0.15) is 0 Å². The van der Waals surface area contributed by atoms with E-state index in [2.05, 4.69) is 20.8 Å². The van der Waals surface area contributed by atoms with E-state index in [9.17, 15) is 9.59 Å². The number of hydrogen-bond donors (Lipinski definition) is 1. The number of rotatable bonds is 3. The van der Waals surface area contributed by atoms with E-state index >= 15 is 0 Å². The van der Waals surface area contributed by atoms with Crippen molar-refractivity contribution in [1.82, 2.24) is 0 Å². The topological polar surface area (TPSA) is 63.6 Å². The third-order valence-corrected chi connectivity index (χ3v) is 3.21. The molecule has 0 fully saturated rings. The van der Waals surface area contributed by atoms with Crippen LogP contribution in [0.4, 0.5) is 0 Å². The van der Waals surface area contributed by atoms with Crippen LogP contribution in [0, 0.1) is 0 Å². The van der Waals surface area contributed by atoms with Crippen LogP contribution in [0.2, 0.25) is 0 Å². The molecule has 0 aliphatic carbocycles. The zero-order valence-corrected chi connectivity index (χ0v) is 11.4. The van der Waals surface area contributed by atoms with Gasteiger partial charge in [0.05, 0.1) is 6.42 Å². The lowest BCUT2D eigenvalue weighted by atomic mass is 9.83. The lowest BCUT2D eigenvalue weighted by molar-refractivity contribution is -0.137. The van der Waals surface area contributed by atoms with E-state index in [0.717, 1.165) is 16.7 Å². The second kappa shape index (κ2) is 4.68. The van der Waals surface area contributed by atoms with Gasteiger partial charge in [-0.25, -0.2) is 0 Å². The molecule has 0 spiro atoms. The van der Waals surface area contributed by atoms with Crippen molar-refractivity contribution in [2.75, 3.05) is 0 Å². The number of hydrogen-bond acceptors (Lipinski definition) is 3. The smallest absolute Gasteiger partial charge is 0.315 e. The molecule has 19 heavy (non-hydrogen) atoms. The first-order chi connectivity index (χ1) is 8.77. The minimum atomic E-state index is -0.815. The first kappa shape index (κ1) is 13.6. The number of ether oxygens (including phenoxy) is 1. The standard InChI is InChI=1S/C15H18O4/c1-15(2,3)11-7-9(4-5-12(16)17)6-10-8-13(18)19-14(10)11/h6-7H,4-5,8H2,1-3H3,(H,16,17). The Morgan fingerprint density at radius 2 is 2.05 bits per heavy atom. The first-order valence-electron chi connectivity index (χ1n) is 6.36. The van der Waals surface area contributed by atoms with Crippen molar-refractivity contribution in [1.29, 1.82) is 0 Å². The molecule has 0 saturated carbocycles. The maximum Gasteiger partial charge on any atom is 0.315 e. The van der Waals surface area contributed by atoms with Gasteiger partial charge < -0.3 is 9.84 Å². The van der Waals surface area contributed by atoms with Gasteiger partial charge >= 0.3 is 11.9 Å². The summed E-state index contributed by atoms with van der Waals surface area (Å²) < 4.78 is 5.29. The fourth-order valence-corrected chi connectivity index (χ4v) is 2.26. The Kier molecular flexibility index (Phi) is 3.35. The molecule has 1 N–H and O–H groups in total. The van der Waals surface area contributed by atoms with Crippen LogP contribution in [0.1, 0.15) is 43.9 Å². The van der Waals surface area contributed by atoms with Gasteiger partial charge in [0, 0.05) is 17.5 Å². The molecule has 102 valence electrons. The molecule has 0 atom stereocenters. The zero-order valence-electron chi connectivity index (χ0n) is 11.4. The van der Waals surface area contributed by atoms with Crippen molar-refractivity contribution in [2.45, 2.75) is 45.4 Å².